The molecular weight excluding hydrogens is 347 g/mol. The Labute approximate surface area is 156 Å². The molecular formula is C20H19FN4O2. The average Bonchev–Trinajstić information content (AvgIpc) is 2.68. The molecule has 138 valence electrons. The lowest BCUT2D eigenvalue weighted by atomic mass is 10.1. The van der Waals surface area contributed by atoms with Crippen molar-refractivity contribution in [2.24, 2.45) is 0 Å². The number of Topliss-reactive ketones (excluding diaryl/α,β-unsaturated/α-hetero) is 1. The highest BCUT2D eigenvalue weighted by molar-refractivity contribution is 5.85. The third kappa shape index (κ3) is 4.32. The Morgan fingerprint density at radius 2 is 1.96 bits per heavy atom. The molecule has 0 atom stereocenters. The number of halogens is 1. The van der Waals surface area contributed by atoms with Crippen molar-refractivity contribution in [3.8, 4) is 11.1 Å². The summed E-state index contributed by atoms with van der Waals surface area (Å²) in [6.45, 7) is 3.26. The van der Waals surface area contributed by atoms with Crippen molar-refractivity contribution in [2.45, 2.75) is 6.42 Å². The molecule has 0 radical (unpaired) electrons. The molecule has 0 spiro atoms. The molecule has 4 rings (SSSR count). The third-order valence-electron chi connectivity index (χ3n) is 4.53. The van der Waals surface area contributed by atoms with Crippen LogP contribution < -0.4 is 0 Å². The van der Waals surface area contributed by atoms with E-state index in [2.05, 4.69) is 19.9 Å². The second-order valence-corrected chi connectivity index (χ2v) is 6.56. The number of carbonyl (C=O) groups excluding carboxylic acids is 1. The molecule has 0 saturated carbocycles. The molecule has 7 heteroatoms. The number of aromatic nitrogens is 3. The Morgan fingerprint density at radius 3 is 2.78 bits per heavy atom. The Kier molecular flexibility index (Phi) is 5.13. The molecule has 1 saturated heterocycles. The fourth-order valence-electron chi connectivity index (χ4n) is 3.14. The number of pyridine rings is 1. The highest BCUT2D eigenvalue weighted by atomic mass is 19.1. The number of nitrogens with zero attached hydrogens (tertiary/aromatic N) is 4. The van der Waals surface area contributed by atoms with Gasteiger partial charge in [0.05, 0.1) is 37.9 Å². The van der Waals surface area contributed by atoms with Crippen LogP contribution >= 0.6 is 0 Å². The lowest BCUT2D eigenvalue weighted by Crippen LogP contribution is -2.40. The van der Waals surface area contributed by atoms with Crippen molar-refractivity contribution in [3.63, 3.8) is 0 Å². The third-order valence-corrected chi connectivity index (χ3v) is 4.53. The number of hydrogen-bond donors (Lipinski definition) is 0. The summed E-state index contributed by atoms with van der Waals surface area (Å²) in [6.07, 6.45) is 4.69. The first-order valence-electron chi connectivity index (χ1n) is 8.86. The SMILES string of the molecule is O=C(Cc1ncc2ccc(-c3cncc(F)c3)cc2n1)CN1CCOCC1. The van der Waals surface area contributed by atoms with E-state index in [1.165, 1.54) is 12.3 Å². The summed E-state index contributed by atoms with van der Waals surface area (Å²) in [5.74, 6) is 0.196. The summed E-state index contributed by atoms with van der Waals surface area (Å²) in [5.41, 5.74) is 2.22. The van der Waals surface area contributed by atoms with Crippen molar-refractivity contribution in [1.29, 1.82) is 0 Å². The molecule has 0 unspecified atom stereocenters. The first-order chi connectivity index (χ1) is 13.2. The number of ketones is 1. The second-order valence-electron chi connectivity index (χ2n) is 6.56. The number of ether oxygens (including phenoxy) is 1. The Bertz CT molecular complexity index is 973. The van der Waals surface area contributed by atoms with Crippen LogP contribution in [0.1, 0.15) is 5.82 Å². The van der Waals surface area contributed by atoms with E-state index >= 15 is 0 Å². The minimum Gasteiger partial charge on any atom is -0.379 e. The fourth-order valence-corrected chi connectivity index (χ4v) is 3.14. The Hall–Kier alpha value is -2.77. The zero-order chi connectivity index (χ0) is 18.6. The van der Waals surface area contributed by atoms with Gasteiger partial charge in [0.15, 0.2) is 5.78 Å². The minimum atomic E-state index is -0.385. The predicted molar refractivity (Wildman–Crippen MR) is 98.7 cm³/mol. The summed E-state index contributed by atoms with van der Waals surface area (Å²) in [4.78, 5) is 27.1. The van der Waals surface area contributed by atoms with Gasteiger partial charge in [0.25, 0.3) is 0 Å². The molecule has 1 aromatic carbocycles. The Morgan fingerprint density at radius 1 is 1.11 bits per heavy atom. The Balaban J connectivity index is 1.53. The van der Waals surface area contributed by atoms with Gasteiger partial charge in [-0.3, -0.25) is 14.7 Å². The van der Waals surface area contributed by atoms with E-state index in [9.17, 15) is 9.18 Å². The van der Waals surface area contributed by atoms with E-state index in [1.807, 2.05) is 18.2 Å². The summed E-state index contributed by atoms with van der Waals surface area (Å²) >= 11 is 0. The van der Waals surface area contributed by atoms with Crippen LogP contribution in [0.25, 0.3) is 22.0 Å². The van der Waals surface area contributed by atoms with Crippen molar-refractivity contribution < 1.29 is 13.9 Å². The van der Waals surface area contributed by atoms with Crippen molar-refractivity contribution in [2.75, 3.05) is 32.8 Å². The van der Waals surface area contributed by atoms with Gasteiger partial charge in [-0.25, -0.2) is 14.4 Å². The molecule has 0 N–H and O–H groups in total. The molecule has 27 heavy (non-hydrogen) atoms. The van der Waals surface area contributed by atoms with Gasteiger partial charge in [-0.2, -0.15) is 0 Å². The van der Waals surface area contributed by atoms with E-state index in [1.54, 1.807) is 12.4 Å². The van der Waals surface area contributed by atoms with Crippen LogP contribution in [0.2, 0.25) is 0 Å². The number of hydrogen-bond acceptors (Lipinski definition) is 6. The van der Waals surface area contributed by atoms with Gasteiger partial charge in [0.1, 0.15) is 11.6 Å². The van der Waals surface area contributed by atoms with Gasteiger partial charge >= 0.3 is 0 Å². The van der Waals surface area contributed by atoms with Crippen molar-refractivity contribution in [3.05, 3.63) is 54.5 Å². The monoisotopic (exact) mass is 366 g/mol. The van der Waals surface area contributed by atoms with Gasteiger partial charge < -0.3 is 4.74 Å². The van der Waals surface area contributed by atoms with Gasteiger partial charge in [0.2, 0.25) is 0 Å². The van der Waals surface area contributed by atoms with Gasteiger partial charge in [-0.1, -0.05) is 12.1 Å². The van der Waals surface area contributed by atoms with Gasteiger partial charge in [-0.05, 0) is 17.7 Å². The molecule has 1 aliphatic rings. The maximum Gasteiger partial charge on any atom is 0.154 e. The molecule has 6 nitrogen and oxygen atoms in total. The second kappa shape index (κ2) is 7.85. The summed E-state index contributed by atoms with van der Waals surface area (Å²) < 4.78 is 18.7. The van der Waals surface area contributed by atoms with Crippen LogP contribution in [0.15, 0.2) is 42.9 Å². The van der Waals surface area contributed by atoms with Gasteiger partial charge in [0, 0.05) is 36.4 Å². The number of rotatable bonds is 5. The first-order valence-corrected chi connectivity index (χ1v) is 8.86. The van der Waals surface area contributed by atoms with Crippen molar-refractivity contribution in [1.82, 2.24) is 19.9 Å². The van der Waals surface area contributed by atoms with E-state index < -0.39 is 0 Å². The normalized spacial score (nSPS) is 15.1. The smallest absolute Gasteiger partial charge is 0.154 e. The highest BCUT2D eigenvalue weighted by Gasteiger charge is 2.15. The quantitative estimate of drug-likeness (QED) is 0.690. The van der Waals surface area contributed by atoms with E-state index in [0.29, 0.717) is 31.1 Å². The summed E-state index contributed by atoms with van der Waals surface area (Å²) in [6, 6.07) is 7.06. The topological polar surface area (TPSA) is 68.2 Å². The van der Waals surface area contributed by atoms with Gasteiger partial charge in [-0.15, -0.1) is 0 Å². The highest BCUT2D eigenvalue weighted by Crippen LogP contribution is 2.23. The molecule has 1 fully saturated rings. The lowest BCUT2D eigenvalue weighted by molar-refractivity contribution is -0.120. The fraction of sp³-hybridized carbons (Fsp3) is 0.300. The van der Waals surface area contributed by atoms with Crippen LogP contribution in [0.3, 0.4) is 0 Å². The minimum absolute atomic E-state index is 0.0849. The number of carbonyl (C=O) groups is 1. The summed E-state index contributed by atoms with van der Waals surface area (Å²) in [7, 11) is 0. The lowest BCUT2D eigenvalue weighted by Gasteiger charge is -2.25. The summed E-state index contributed by atoms with van der Waals surface area (Å²) in [5, 5.41) is 0.868. The molecule has 0 amide bonds. The van der Waals surface area contributed by atoms with Crippen LogP contribution in [0, 0.1) is 5.82 Å². The van der Waals surface area contributed by atoms with E-state index in [4.69, 9.17) is 4.74 Å². The maximum absolute atomic E-state index is 13.4. The van der Waals surface area contributed by atoms with E-state index in [0.717, 1.165) is 29.6 Å². The van der Waals surface area contributed by atoms with Crippen LogP contribution in [-0.4, -0.2) is 58.5 Å². The number of benzene rings is 1. The van der Waals surface area contributed by atoms with Crippen LogP contribution in [-0.2, 0) is 16.0 Å². The van der Waals surface area contributed by atoms with Crippen LogP contribution in [0.4, 0.5) is 4.39 Å². The first kappa shape index (κ1) is 17.6. The molecule has 3 heterocycles. The molecule has 1 aliphatic heterocycles. The molecule has 3 aromatic rings. The zero-order valence-corrected chi connectivity index (χ0v) is 14.8. The average molecular weight is 366 g/mol. The molecule has 2 aromatic heterocycles. The standard InChI is InChI=1S/C20H19FN4O2/c21-17-7-16(10-22-12-17)14-1-2-15-11-23-20(24-19(15)8-14)9-18(26)13-25-3-5-27-6-4-25/h1-2,7-8,10-12H,3-6,9,13H2. The zero-order valence-electron chi connectivity index (χ0n) is 14.8. The molecule has 0 bridgehead atoms. The van der Waals surface area contributed by atoms with Crippen LogP contribution in [0.5, 0.6) is 0 Å². The number of morpholine rings is 1. The largest absolute Gasteiger partial charge is 0.379 e. The molecule has 0 aliphatic carbocycles. The maximum atomic E-state index is 13.4. The van der Waals surface area contributed by atoms with E-state index in [-0.39, 0.29) is 18.0 Å². The van der Waals surface area contributed by atoms with Crippen molar-refractivity contribution >= 4 is 16.7 Å². The predicted octanol–water partition coefficient (Wildman–Crippen LogP) is 2.27. The number of fused-ring (bicyclic) bond motifs is 1.